The molecule has 2 amide bonds. The van der Waals surface area contributed by atoms with Crippen LogP contribution in [0.15, 0.2) is 30.3 Å². The smallest absolute Gasteiger partial charge is 0.280 e. The van der Waals surface area contributed by atoms with E-state index in [1.54, 1.807) is 17.9 Å². The molecule has 0 radical (unpaired) electrons. The second-order valence-electron chi connectivity index (χ2n) is 14.4. The number of aliphatic hydroxyl groups excluding tert-OH is 1. The number of thiazole rings is 1. The minimum absolute atomic E-state index is 0.122. The van der Waals surface area contributed by atoms with Gasteiger partial charge in [-0.2, -0.15) is 0 Å². The second-order valence-corrected chi connectivity index (χ2v) is 15.4. The van der Waals surface area contributed by atoms with Gasteiger partial charge in [-0.1, -0.05) is 44.2 Å². The first-order valence-corrected chi connectivity index (χ1v) is 16.8. The van der Waals surface area contributed by atoms with Gasteiger partial charge in [0.15, 0.2) is 5.01 Å². The summed E-state index contributed by atoms with van der Waals surface area (Å²) in [6.07, 6.45) is 4.97. The third kappa shape index (κ3) is 6.83. The SMILES string of the molecule is CC1(O)CN(C(=O)c2cccc(C(CCN3CCC(O)CC3)NC(=O)c3nc4cc5c(nc4s3)CC[C@H](C(C)(C)C)C5)c2)C1. The van der Waals surface area contributed by atoms with Gasteiger partial charge < -0.3 is 25.3 Å². The number of benzene rings is 1. The Morgan fingerprint density at radius 2 is 1.89 bits per heavy atom. The number of carbonyl (C=O) groups is 2. The van der Waals surface area contributed by atoms with Crippen molar-refractivity contribution in [2.24, 2.45) is 11.3 Å². The molecule has 10 heteroatoms. The molecule has 0 spiro atoms. The van der Waals surface area contributed by atoms with Crippen molar-refractivity contribution in [3.8, 4) is 0 Å². The van der Waals surface area contributed by atoms with Crippen LogP contribution in [0.2, 0.25) is 0 Å². The summed E-state index contributed by atoms with van der Waals surface area (Å²) in [6, 6.07) is 9.26. The van der Waals surface area contributed by atoms with E-state index in [9.17, 15) is 19.8 Å². The van der Waals surface area contributed by atoms with Gasteiger partial charge in [0.2, 0.25) is 0 Å². The number of carbonyl (C=O) groups excluding carboxylic acids is 2. The van der Waals surface area contributed by atoms with Crippen molar-refractivity contribution in [1.82, 2.24) is 25.1 Å². The number of amides is 2. The first-order chi connectivity index (χ1) is 20.8. The minimum atomic E-state index is -0.842. The standard InChI is InChI=1S/C34H45N5O4S/c1-33(2,3)24-8-9-26-23(17-24)18-28-30(36-26)44-31(37-28)29(41)35-27(12-15-38-13-10-25(40)11-14-38)21-6-5-7-22(16-21)32(42)39-19-34(4,43)20-39/h5-7,16,18,24-25,27,40,43H,8-15,17,19-20H2,1-4H3,(H,35,41)/t24-,27?/m0/s1. The molecule has 2 aromatic heterocycles. The molecular formula is C34H45N5O4S. The van der Waals surface area contributed by atoms with Crippen molar-refractivity contribution >= 4 is 33.5 Å². The van der Waals surface area contributed by atoms with Gasteiger partial charge in [0.05, 0.1) is 30.8 Å². The number of nitrogens with one attached hydrogen (secondary N) is 1. The molecule has 0 bridgehead atoms. The van der Waals surface area contributed by atoms with Gasteiger partial charge in [-0.05, 0) is 86.1 Å². The number of hydrogen-bond donors (Lipinski definition) is 3. The van der Waals surface area contributed by atoms with Crippen LogP contribution < -0.4 is 5.32 Å². The van der Waals surface area contributed by atoms with Gasteiger partial charge in [-0.25, -0.2) is 9.97 Å². The fourth-order valence-electron chi connectivity index (χ4n) is 6.84. The summed E-state index contributed by atoms with van der Waals surface area (Å²) in [7, 11) is 0. The van der Waals surface area contributed by atoms with E-state index in [2.05, 4.69) is 37.1 Å². The molecule has 0 saturated carbocycles. The predicted octanol–water partition coefficient (Wildman–Crippen LogP) is 4.37. The third-order valence-corrected chi connectivity index (χ3v) is 10.6. The van der Waals surface area contributed by atoms with Gasteiger partial charge >= 0.3 is 0 Å². The van der Waals surface area contributed by atoms with Gasteiger partial charge in [0, 0.05) is 30.9 Å². The lowest BCUT2D eigenvalue weighted by atomic mass is 9.71. The average Bonchev–Trinajstić information content (AvgIpc) is 3.39. The number of β-amino-alcohol motifs (C(OH)–C–C–N with tert-alkyl or cyclic N) is 1. The van der Waals surface area contributed by atoms with Crippen molar-refractivity contribution in [2.75, 3.05) is 32.7 Å². The quantitative estimate of drug-likeness (QED) is 0.360. The summed E-state index contributed by atoms with van der Waals surface area (Å²) >= 11 is 1.33. The second kappa shape index (κ2) is 12.1. The fourth-order valence-corrected chi connectivity index (χ4v) is 7.68. The normalized spacial score (nSPS) is 21.5. The van der Waals surface area contributed by atoms with Crippen LogP contribution in [0.3, 0.4) is 0 Å². The molecule has 6 rings (SSSR count). The molecule has 44 heavy (non-hydrogen) atoms. The molecule has 1 aliphatic carbocycles. The average molecular weight is 620 g/mol. The summed E-state index contributed by atoms with van der Waals surface area (Å²) in [5, 5.41) is 23.7. The van der Waals surface area contributed by atoms with Crippen molar-refractivity contribution in [2.45, 2.75) is 84.0 Å². The lowest BCUT2D eigenvalue weighted by Gasteiger charge is -2.44. The van der Waals surface area contributed by atoms with E-state index < -0.39 is 5.60 Å². The summed E-state index contributed by atoms with van der Waals surface area (Å²) in [4.78, 5) is 41.3. The lowest BCUT2D eigenvalue weighted by molar-refractivity contribution is -0.0668. The number of nitrogens with zero attached hydrogens (tertiary/aromatic N) is 4. The highest BCUT2D eigenvalue weighted by Crippen LogP contribution is 2.38. The summed E-state index contributed by atoms with van der Waals surface area (Å²) in [5.74, 6) is 0.230. The Balaban J connectivity index is 1.21. The Kier molecular flexibility index (Phi) is 8.56. The van der Waals surface area contributed by atoms with Crippen LogP contribution in [0.25, 0.3) is 10.3 Å². The largest absolute Gasteiger partial charge is 0.393 e. The number of aliphatic hydroxyl groups is 2. The Morgan fingerprint density at radius 3 is 2.59 bits per heavy atom. The number of rotatable bonds is 7. The lowest BCUT2D eigenvalue weighted by Crippen LogP contribution is -2.61. The first-order valence-electron chi connectivity index (χ1n) is 16.0. The maximum absolute atomic E-state index is 13.7. The van der Waals surface area contributed by atoms with E-state index >= 15 is 0 Å². The summed E-state index contributed by atoms with van der Waals surface area (Å²) in [5.41, 5.74) is 3.94. The maximum Gasteiger partial charge on any atom is 0.280 e. The van der Waals surface area contributed by atoms with Crippen molar-refractivity contribution in [3.63, 3.8) is 0 Å². The molecule has 4 heterocycles. The summed E-state index contributed by atoms with van der Waals surface area (Å²) in [6.45, 7) is 11.6. The maximum atomic E-state index is 13.7. The molecular weight excluding hydrogens is 574 g/mol. The number of piperidine rings is 1. The van der Waals surface area contributed by atoms with E-state index in [1.807, 2.05) is 18.2 Å². The Labute approximate surface area is 263 Å². The van der Waals surface area contributed by atoms with Gasteiger partial charge in [-0.15, -0.1) is 0 Å². The van der Waals surface area contributed by atoms with Crippen LogP contribution >= 0.6 is 11.3 Å². The number of likely N-dealkylation sites (tertiary alicyclic amines) is 2. The topological polar surface area (TPSA) is 119 Å². The molecule has 2 fully saturated rings. The van der Waals surface area contributed by atoms with E-state index in [4.69, 9.17) is 9.97 Å². The fraction of sp³-hybridized carbons (Fsp3) is 0.588. The van der Waals surface area contributed by atoms with Crippen molar-refractivity contribution < 1.29 is 19.8 Å². The van der Waals surface area contributed by atoms with E-state index in [-0.39, 0.29) is 29.4 Å². The number of pyridine rings is 1. The Morgan fingerprint density at radius 1 is 1.14 bits per heavy atom. The van der Waals surface area contributed by atoms with Crippen LogP contribution in [0.1, 0.15) is 96.4 Å². The van der Waals surface area contributed by atoms with E-state index in [0.717, 1.165) is 73.3 Å². The predicted molar refractivity (Wildman–Crippen MR) is 172 cm³/mol. The highest BCUT2D eigenvalue weighted by molar-refractivity contribution is 7.19. The Bertz CT molecular complexity index is 1530. The molecule has 3 aromatic rings. The van der Waals surface area contributed by atoms with Crippen molar-refractivity contribution in [1.29, 1.82) is 0 Å². The zero-order valence-electron chi connectivity index (χ0n) is 26.3. The van der Waals surface area contributed by atoms with Crippen LogP contribution in [0.4, 0.5) is 0 Å². The number of aromatic nitrogens is 2. The highest BCUT2D eigenvalue weighted by Gasteiger charge is 2.39. The van der Waals surface area contributed by atoms with E-state index in [1.165, 1.54) is 16.9 Å². The molecule has 1 aromatic carbocycles. The molecule has 3 aliphatic rings. The molecule has 9 nitrogen and oxygen atoms in total. The van der Waals surface area contributed by atoms with Crippen LogP contribution in [0, 0.1) is 11.3 Å². The summed E-state index contributed by atoms with van der Waals surface area (Å²) < 4.78 is 0. The van der Waals surface area contributed by atoms with Gasteiger partial charge in [0.25, 0.3) is 11.8 Å². The zero-order chi connectivity index (χ0) is 31.2. The number of aryl methyl sites for hydroxylation is 1. The molecule has 2 aliphatic heterocycles. The third-order valence-electron chi connectivity index (χ3n) is 9.65. The Hall–Kier alpha value is -2.92. The van der Waals surface area contributed by atoms with Crippen LogP contribution in [0.5, 0.6) is 0 Å². The molecule has 1 unspecified atom stereocenters. The van der Waals surface area contributed by atoms with Gasteiger partial charge in [-0.3, -0.25) is 9.59 Å². The van der Waals surface area contributed by atoms with Crippen molar-refractivity contribution in [3.05, 3.63) is 57.7 Å². The highest BCUT2D eigenvalue weighted by atomic mass is 32.1. The molecule has 3 N–H and O–H groups in total. The van der Waals surface area contributed by atoms with Crippen LogP contribution in [-0.4, -0.2) is 86.2 Å². The zero-order valence-corrected chi connectivity index (χ0v) is 27.1. The molecule has 2 saturated heterocycles. The number of hydrogen-bond acceptors (Lipinski definition) is 8. The minimum Gasteiger partial charge on any atom is -0.393 e. The van der Waals surface area contributed by atoms with Crippen LogP contribution in [-0.2, 0) is 12.8 Å². The monoisotopic (exact) mass is 619 g/mol. The molecule has 2 atom stereocenters. The number of fused-ring (bicyclic) bond motifs is 2. The molecule has 236 valence electrons. The van der Waals surface area contributed by atoms with E-state index in [0.29, 0.717) is 36.0 Å². The van der Waals surface area contributed by atoms with Gasteiger partial charge in [0.1, 0.15) is 10.3 Å². The first kappa shape index (κ1) is 31.1.